The summed E-state index contributed by atoms with van der Waals surface area (Å²) >= 11 is 12.1. The van der Waals surface area contributed by atoms with Crippen LogP contribution in [0.1, 0.15) is 16.7 Å². The molecule has 0 aromatic heterocycles. The van der Waals surface area contributed by atoms with Gasteiger partial charge in [0, 0.05) is 38.4 Å². The largest absolute Gasteiger partial charge is 0.491 e. The maximum atomic E-state index is 10.5. The summed E-state index contributed by atoms with van der Waals surface area (Å²) in [5.41, 5.74) is 3.78. The van der Waals surface area contributed by atoms with Crippen LogP contribution in [0.5, 0.6) is 5.75 Å². The van der Waals surface area contributed by atoms with E-state index in [2.05, 4.69) is 21.9 Å². The van der Waals surface area contributed by atoms with Gasteiger partial charge in [0.15, 0.2) is 0 Å². The van der Waals surface area contributed by atoms with E-state index in [1.165, 1.54) is 0 Å². The molecule has 0 bridgehead atoms. The van der Waals surface area contributed by atoms with E-state index in [4.69, 9.17) is 33.2 Å². The van der Waals surface area contributed by atoms with Crippen LogP contribution in [0.4, 0.5) is 5.69 Å². The zero-order valence-electron chi connectivity index (χ0n) is 20.1. The summed E-state index contributed by atoms with van der Waals surface area (Å²) in [5, 5.41) is 29.9. The van der Waals surface area contributed by atoms with Crippen molar-refractivity contribution in [2.45, 2.75) is 6.10 Å². The van der Waals surface area contributed by atoms with Crippen molar-refractivity contribution in [1.29, 1.82) is 10.5 Å². The number of allylic oxidation sites excluding steroid dienone is 1. The quantitative estimate of drug-likeness (QED) is 0.305. The number of nitriles is 2. The number of hydrogen-bond acceptors (Lipinski definition) is 6. The molecular weight excluding hydrogens is 507 g/mol. The van der Waals surface area contributed by atoms with Crippen LogP contribution >= 0.6 is 23.2 Å². The SMILES string of the molecule is N#C/C(=C\c1ccc(OCC(O)CN2CCN(c3ccc(C#N)cc3)CC2)cc1)c1ccc(Cl)c(Cl)c1. The van der Waals surface area contributed by atoms with Crippen LogP contribution in [0.25, 0.3) is 11.6 Å². The molecule has 1 aliphatic heterocycles. The van der Waals surface area contributed by atoms with Gasteiger partial charge in [-0.2, -0.15) is 10.5 Å². The van der Waals surface area contributed by atoms with E-state index >= 15 is 0 Å². The number of rotatable bonds is 8. The van der Waals surface area contributed by atoms with E-state index in [1.54, 1.807) is 24.3 Å². The van der Waals surface area contributed by atoms with Gasteiger partial charge in [0.1, 0.15) is 18.5 Å². The summed E-state index contributed by atoms with van der Waals surface area (Å²) < 4.78 is 5.79. The molecule has 1 saturated heterocycles. The zero-order chi connectivity index (χ0) is 26.2. The molecule has 1 fully saturated rings. The third-order valence-corrected chi connectivity index (χ3v) is 6.93. The molecule has 0 saturated carbocycles. The molecule has 0 aliphatic carbocycles. The molecule has 0 amide bonds. The van der Waals surface area contributed by atoms with Crippen LogP contribution in [-0.2, 0) is 0 Å². The van der Waals surface area contributed by atoms with Crippen molar-refractivity contribution < 1.29 is 9.84 Å². The Morgan fingerprint density at radius 3 is 2.27 bits per heavy atom. The lowest BCUT2D eigenvalue weighted by Crippen LogP contribution is -2.49. The zero-order valence-corrected chi connectivity index (χ0v) is 21.7. The number of aliphatic hydroxyl groups excluding tert-OH is 1. The number of benzene rings is 3. The van der Waals surface area contributed by atoms with E-state index in [9.17, 15) is 10.4 Å². The summed E-state index contributed by atoms with van der Waals surface area (Å²) in [7, 11) is 0. The number of nitrogens with zero attached hydrogens (tertiary/aromatic N) is 4. The van der Waals surface area contributed by atoms with Crippen molar-refractivity contribution in [3.8, 4) is 17.9 Å². The van der Waals surface area contributed by atoms with Gasteiger partial charge in [-0.25, -0.2) is 0 Å². The molecule has 1 N–H and O–H groups in total. The molecule has 8 heteroatoms. The van der Waals surface area contributed by atoms with Crippen LogP contribution < -0.4 is 9.64 Å². The van der Waals surface area contributed by atoms with Crippen molar-refractivity contribution in [2.75, 3.05) is 44.2 Å². The summed E-state index contributed by atoms with van der Waals surface area (Å²) in [5.74, 6) is 0.648. The summed E-state index contributed by atoms with van der Waals surface area (Å²) in [6, 6.07) is 24.4. The molecule has 1 unspecified atom stereocenters. The third kappa shape index (κ3) is 7.26. The minimum Gasteiger partial charge on any atom is -0.491 e. The van der Waals surface area contributed by atoms with Crippen LogP contribution in [0, 0.1) is 22.7 Å². The maximum absolute atomic E-state index is 10.5. The second-order valence-electron chi connectivity index (χ2n) is 8.78. The summed E-state index contributed by atoms with van der Waals surface area (Å²) in [6.45, 7) is 4.15. The molecular formula is C29H26Cl2N4O2. The molecule has 3 aromatic rings. The number of piperazine rings is 1. The number of aliphatic hydroxyl groups is 1. The van der Waals surface area contributed by atoms with E-state index in [-0.39, 0.29) is 6.61 Å². The molecule has 0 radical (unpaired) electrons. The first-order valence-electron chi connectivity index (χ1n) is 11.9. The maximum Gasteiger partial charge on any atom is 0.119 e. The smallest absolute Gasteiger partial charge is 0.119 e. The molecule has 188 valence electrons. The lowest BCUT2D eigenvalue weighted by molar-refractivity contribution is 0.0663. The number of ether oxygens (including phenoxy) is 1. The predicted octanol–water partition coefficient (Wildman–Crippen LogP) is 5.49. The highest BCUT2D eigenvalue weighted by atomic mass is 35.5. The fourth-order valence-corrected chi connectivity index (χ4v) is 4.45. The van der Waals surface area contributed by atoms with Crippen molar-refractivity contribution in [3.63, 3.8) is 0 Å². The molecule has 3 aromatic carbocycles. The fraction of sp³-hybridized carbons (Fsp3) is 0.241. The Morgan fingerprint density at radius 2 is 1.65 bits per heavy atom. The van der Waals surface area contributed by atoms with Gasteiger partial charge < -0.3 is 14.7 Å². The average molecular weight is 533 g/mol. The molecule has 1 atom stereocenters. The number of β-amino-alcohol motifs (C(OH)–C–C–N with tert-alkyl or cyclic N) is 1. The Hall–Kier alpha value is -3.52. The lowest BCUT2D eigenvalue weighted by Gasteiger charge is -2.36. The van der Waals surface area contributed by atoms with Gasteiger partial charge in [-0.1, -0.05) is 41.4 Å². The van der Waals surface area contributed by atoms with Crippen molar-refractivity contribution in [3.05, 3.63) is 93.5 Å². The minimum absolute atomic E-state index is 0.192. The van der Waals surface area contributed by atoms with Gasteiger partial charge in [0.25, 0.3) is 0 Å². The molecule has 37 heavy (non-hydrogen) atoms. The first-order valence-corrected chi connectivity index (χ1v) is 12.7. The van der Waals surface area contributed by atoms with E-state index in [0.29, 0.717) is 39.0 Å². The lowest BCUT2D eigenvalue weighted by atomic mass is 10.0. The number of hydrogen-bond donors (Lipinski definition) is 1. The van der Waals surface area contributed by atoms with Crippen LogP contribution in [0.3, 0.4) is 0 Å². The summed E-state index contributed by atoms with van der Waals surface area (Å²) in [6.07, 6.45) is 1.16. The Bertz CT molecular complexity index is 1320. The monoisotopic (exact) mass is 532 g/mol. The Labute approximate surface area is 227 Å². The van der Waals surface area contributed by atoms with Crippen molar-refractivity contribution in [1.82, 2.24) is 4.90 Å². The van der Waals surface area contributed by atoms with Crippen LogP contribution in [0.15, 0.2) is 66.7 Å². The molecule has 1 aliphatic rings. The highest BCUT2D eigenvalue weighted by molar-refractivity contribution is 6.42. The first kappa shape index (κ1) is 26.5. The molecule has 6 nitrogen and oxygen atoms in total. The van der Waals surface area contributed by atoms with Crippen molar-refractivity contribution >= 4 is 40.5 Å². The van der Waals surface area contributed by atoms with Gasteiger partial charge >= 0.3 is 0 Å². The first-order chi connectivity index (χ1) is 17.9. The second kappa shape index (κ2) is 12.6. The normalized spacial score (nSPS) is 15.1. The summed E-state index contributed by atoms with van der Waals surface area (Å²) in [4.78, 5) is 4.52. The average Bonchev–Trinajstić information content (AvgIpc) is 2.93. The number of halogens is 2. The second-order valence-corrected chi connectivity index (χ2v) is 9.59. The number of anilines is 1. The highest BCUT2D eigenvalue weighted by Gasteiger charge is 2.20. The Morgan fingerprint density at radius 1 is 0.946 bits per heavy atom. The Balaban J connectivity index is 1.24. The van der Waals surface area contributed by atoms with Gasteiger partial charge in [0.05, 0.1) is 33.3 Å². The highest BCUT2D eigenvalue weighted by Crippen LogP contribution is 2.27. The van der Waals surface area contributed by atoms with Crippen LogP contribution in [-0.4, -0.2) is 55.4 Å². The minimum atomic E-state index is -0.610. The van der Waals surface area contributed by atoms with E-state index in [1.807, 2.05) is 48.5 Å². The van der Waals surface area contributed by atoms with Crippen LogP contribution in [0.2, 0.25) is 10.0 Å². The standard InChI is InChI=1S/C29H26Cl2N4O2/c30-28-10-5-23(16-29(28)31)24(18-33)15-21-3-8-27(9-4-21)37-20-26(36)19-34-11-13-35(14-12-34)25-6-1-22(17-32)2-7-25/h1-10,15-16,26,36H,11-14,19-20H2/b24-15+. The van der Waals surface area contributed by atoms with Gasteiger partial charge in [-0.15, -0.1) is 0 Å². The van der Waals surface area contributed by atoms with Gasteiger partial charge in [-0.05, 0) is 65.7 Å². The predicted molar refractivity (Wildman–Crippen MR) is 148 cm³/mol. The molecule has 1 heterocycles. The van der Waals surface area contributed by atoms with E-state index < -0.39 is 6.10 Å². The third-order valence-electron chi connectivity index (χ3n) is 6.19. The van der Waals surface area contributed by atoms with E-state index in [0.717, 1.165) is 37.4 Å². The molecule has 4 rings (SSSR count). The molecule has 0 spiro atoms. The van der Waals surface area contributed by atoms with Crippen molar-refractivity contribution in [2.24, 2.45) is 0 Å². The fourth-order valence-electron chi connectivity index (χ4n) is 4.15. The topological polar surface area (TPSA) is 83.5 Å². The Kier molecular flexibility index (Phi) is 9.06. The van der Waals surface area contributed by atoms with Gasteiger partial charge in [-0.3, -0.25) is 4.90 Å². The van der Waals surface area contributed by atoms with Gasteiger partial charge in [0.2, 0.25) is 0 Å².